The third kappa shape index (κ3) is 10.6. The summed E-state index contributed by atoms with van der Waals surface area (Å²) < 4.78 is 48.1. The fourth-order valence-electron chi connectivity index (χ4n) is 2.32. The molecular weight excluding hydrogens is 475 g/mol. The van der Waals surface area contributed by atoms with Crippen molar-refractivity contribution in [1.82, 2.24) is 0 Å². The van der Waals surface area contributed by atoms with Crippen LogP contribution in [0.1, 0.15) is 17.3 Å². The number of hydrogen-bond acceptors (Lipinski definition) is 7. The van der Waals surface area contributed by atoms with E-state index < -0.39 is 24.2 Å². The molecule has 2 aromatic rings. The van der Waals surface area contributed by atoms with Gasteiger partial charge in [-0.2, -0.15) is 13.2 Å². The predicted octanol–water partition coefficient (Wildman–Crippen LogP) is 3.33. The number of halogens is 3. The van der Waals surface area contributed by atoms with Crippen LogP contribution in [0.15, 0.2) is 60.7 Å². The van der Waals surface area contributed by atoms with Crippen molar-refractivity contribution >= 4 is 17.7 Å². The standard InChI is InChI=1S/C21H23NO6.C2HF3O2/c1-2-26-18-8-3-4-9-19(18)28-20(21(24)25)11-10-17(23)15-6-5-7-16(14-15)27-13-12-22;3-2(4,5)1(6)7/h3-11,14,20H,2,12-13,22H2,1H3,(H,24,25);(H,6,7). The van der Waals surface area contributed by atoms with Crippen LogP contribution in [0.3, 0.4) is 0 Å². The quantitative estimate of drug-likeness (QED) is 0.313. The van der Waals surface area contributed by atoms with Gasteiger partial charge in [-0.05, 0) is 43.3 Å². The first-order valence-electron chi connectivity index (χ1n) is 10.1. The maximum absolute atomic E-state index is 12.4. The van der Waals surface area contributed by atoms with Crippen LogP contribution < -0.4 is 19.9 Å². The van der Waals surface area contributed by atoms with Gasteiger partial charge >= 0.3 is 18.1 Å². The number of allylic oxidation sites excluding steroid dienone is 1. The average Bonchev–Trinajstić information content (AvgIpc) is 2.81. The van der Waals surface area contributed by atoms with Crippen molar-refractivity contribution in [2.24, 2.45) is 5.73 Å². The molecule has 190 valence electrons. The number of carboxylic acid groups (broad SMARTS) is 2. The topological polar surface area (TPSA) is 145 Å². The molecule has 0 aliphatic rings. The number of carbonyl (C=O) groups excluding carboxylic acids is 1. The zero-order chi connectivity index (χ0) is 26.4. The maximum Gasteiger partial charge on any atom is 0.490 e. The number of ketones is 1. The summed E-state index contributed by atoms with van der Waals surface area (Å²) in [7, 11) is 0. The van der Waals surface area contributed by atoms with E-state index in [1.54, 1.807) is 48.5 Å². The number of carbonyl (C=O) groups is 3. The number of para-hydroxylation sites is 2. The molecule has 0 bridgehead atoms. The van der Waals surface area contributed by atoms with Gasteiger partial charge in [0.2, 0.25) is 6.10 Å². The molecule has 9 nitrogen and oxygen atoms in total. The van der Waals surface area contributed by atoms with E-state index in [0.29, 0.717) is 36.8 Å². The van der Waals surface area contributed by atoms with E-state index in [1.165, 1.54) is 12.2 Å². The third-order valence-electron chi connectivity index (χ3n) is 3.82. The van der Waals surface area contributed by atoms with Crippen LogP contribution >= 0.6 is 0 Å². The number of rotatable bonds is 11. The van der Waals surface area contributed by atoms with Crippen LogP contribution in [0, 0.1) is 0 Å². The van der Waals surface area contributed by atoms with Gasteiger partial charge in [-0.25, -0.2) is 9.59 Å². The van der Waals surface area contributed by atoms with Gasteiger partial charge < -0.3 is 30.2 Å². The maximum atomic E-state index is 12.4. The minimum Gasteiger partial charge on any atom is -0.492 e. The zero-order valence-electron chi connectivity index (χ0n) is 18.5. The van der Waals surface area contributed by atoms with Crippen molar-refractivity contribution in [1.29, 1.82) is 0 Å². The Kier molecular flexibility index (Phi) is 11.8. The largest absolute Gasteiger partial charge is 0.492 e. The first-order valence-corrected chi connectivity index (χ1v) is 10.1. The van der Waals surface area contributed by atoms with Crippen LogP contribution in [0.25, 0.3) is 0 Å². The second kappa shape index (κ2) is 14.3. The highest BCUT2D eigenvalue weighted by atomic mass is 19.4. The van der Waals surface area contributed by atoms with Gasteiger partial charge in [-0.3, -0.25) is 4.79 Å². The number of carboxylic acids is 2. The lowest BCUT2D eigenvalue weighted by Gasteiger charge is -2.15. The van der Waals surface area contributed by atoms with Gasteiger partial charge in [-0.15, -0.1) is 0 Å². The molecule has 0 amide bonds. The van der Waals surface area contributed by atoms with E-state index in [9.17, 15) is 27.9 Å². The summed E-state index contributed by atoms with van der Waals surface area (Å²) in [6.07, 6.45) is -4.06. The molecule has 2 rings (SSSR count). The Balaban J connectivity index is 0.000000762. The second-order valence-corrected chi connectivity index (χ2v) is 6.45. The van der Waals surface area contributed by atoms with E-state index in [1.807, 2.05) is 6.92 Å². The predicted molar refractivity (Wildman–Crippen MR) is 118 cm³/mol. The van der Waals surface area contributed by atoms with Gasteiger partial charge in [0.05, 0.1) is 6.61 Å². The summed E-state index contributed by atoms with van der Waals surface area (Å²) in [5.41, 5.74) is 5.76. The fourth-order valence-corrected chi connectivity index (χ4v) is 2.32. The summed E-state index contributed by atoms with van der Waals surface area (Å²) in [5, 5.41) is 16.5. The molecule has 1 atom stereocenters. The monoisotopic (exact) mass is 499 g/mol. The summed E-state index contributed by atoms with van der Waals surface area (Å²) in [5.74, 6) is -3.12. The normalized spacial score (nSPS) is 11.7. The van der Waals surface area contributed by atoms with Gasteiger partial charge in [0.25, 0.3) is 0 Å². The molecule has 1 unspecified atom stereocenters. The molecule has 4 N–H and O–H groups in total. The fraction of sp³-hybridized carbons (Fsp3) is 0.261. The Bertz CT molecular complexity index is 1020. The van der Waals surface area contributed by atoms with Crippen LogP contribution in [0.2, 0.25) is 0 Å². The van der Waals surface area contributed by atoms with Crippen molar-refractivity contribution in [3.63, 3.8) is 0 Å². The Hall–Kier alpha value is -4.06. The molecule has 0 fully saturated rings. The lowest BCUT2D eigenvalue weighted by Crippen LogP contribution is -2.25. The summed E-state index contributed by atoms with van der Waals surface area (Å²) in [4.78, 5) is 32.8. The third-order valence-corrected chi connectivity index (χ3v) is 3.82. The number of ether oxygens (including phenoxy) is 3. The molecule has 12 heteroatoms. The van der Waals surface area contributed by atoms with Gasteiger partial charge in [0.1, 0.15) is 12.4 Å². The van der Waals surface area contributed by atoms with E-state index >= 15 is 0 Å². The molecule has 2 aromatic carbocycles. The van der Waals surface area contributed by atoms with Crippen LogP contribution in [0.5, 0.6) is 17.2 Å². The van der Waals surface area contributed by atoms with E-state index in [2.05, 4.69) is 0 Å². The number of aliphatic carboxylic acids is 2. The molecule has 0 spiro atoms. The minimum atomic E-state index is -5.08. The van der Waals surface area contributed by atoms with Crippen LogP contribution in [-0.2, 0) is 9.59 Å². The smallest absolute Gasteiger partial charge is 0.490 e. The molecule has 0 radical (unpaired) electrons. The Labute approximate surface area is 198 Å². The zero-order valence-corrected chi connectivity index (χ0v) is 18.5. The SMILES string of the molecule is CCOc1ccccc1OC(C=CC(=O)c1cccc(OCCN)c1)C(=O)O.O=C(O)C(F)(F)F. The van der Waals surface area contributed by atoms with E-state index in [0.717, 1.165) is 0 Å². The first-order chi connectivity index (χ1) is 16.5. The lowest BCUT2D eigenvalue weighted by molar-refractivity contribution is -0.192. The van der Waals surface area contributed by atoms with Crippen LogP contribution in [-0.4, -0.2) is 60.0 Å². The average molecular weight is 499 g/mol. The number of alkyl halides is 3. The summed E-state index contributed by atoms with van der Waals surface area (Å²) >= 11 is 0. The second-order valence-electron chi connectivity index (χ2n) is 6.45. The van der Waals surface area contributed by atoms with Crippen LogP contribution in [0.4, 0.5) is 13.2 Å². The van der Waals surface area contributed by atoms with Gasteiger partial charge in [0.15, 0.2) is 17.3 Å². The number of benzene rings is 2. The highest BCUT2D eigenvalue weighted by Crippen LogP contribution is 2.27. The Morgan fingerprint density at radius 1 is 1.03 bits per heavy atom. The van der Waals surface area contributed by atoms with Gasteiger partial charge in [0, 0.05) is 12.1 Å². The molecule has 0 aliphatic heterocycles. The highest BCUT2D eigenvalue weighted by molar-refractivity contribution is 6.05. The molecule has 0 aromatic heterocycles. The first kappa shape index (κ1) is 29.0. The van der Waals surface area contributed by atoms with Crippen molar-refractivity contribution in [2.45, 2.75) is 19.2 Å². The van der Waals surface area contributed by atoms with E-state index in [-0.39, 0.29) is 11.5 Å². The minimum absolute atomic E-state index is 0.283. The van der Waals surface area contributed by atoms with Crippen molar-refractivity contribution in [2.75, 3.05) is 19.8 Å². The van der Waals surface area contributed by atoms with Crippen molar-refractivity contribution < 1.29 is 52.0 Å². The van der Waals surface area contributed by atoms with Crippen molar-refractivity contribution in [3.8, 4) is 17.2 Å². The lowest BCUT2D eigenvalue weighted by atomic mass is 10.1. The number of hydrogen-bond donors (Lipinski definition) is 3. The van der Waals surface area contributed by atoms with Gasteiger partial charge in [-0.1, -0.05) is 24.3 Å². The van der Waals surface area contributed by atoms with E-state index in [4.69, 9.17) is 29.8 Å². The van der Waals surface area contributed by atoms with Crippen molar-refractivity contribution in [3.05, 3.63) is 66.2 Å². The summed E-state index contributed by atoms with van der Waals surface area (Å²) in [6, 6.07) is 13.3. The molecule has 35 heavy (non-hydrogen) atoms. The molecule has 0 saturated carbocycles. The Morgan fingerprint density at radius 3 is 2.20 bits per heavy atom. The molecule has 0 aliphatic carbocycles. The summed E-state index contributed by atoms with van der Waals surface area (Å²) in [6.45, 7) is 2.92. The highest BCUT2D eigenvalue weighted by Gasteiger charge is 2.38. The molecule has 0 heterocycles. The molecule has 0 saturated heterocycles. The molecular formula is C23H24F3NO8. The number of nitrogens with two attached hydrogens (primary N) is 1. The Morgan fingerprint density at radius 2 is 1.66 bits per heavy atom.